The summed E-state index contributed by atoms with van der Waals surface area (Å²) in [6, 6.07) is 0. The fourth-order valence-corrected chi connectivity index (χ4v) is 3.37. The highest BCUT2D eigenvalue weighted by molar-refractivity contribution is 5.83. The molecule has 1 rings (SSSR count). The van der Waals surface area contributed by atoms with Crippen LogP contribution in [0.1, 0.15) is 71.1 Å². The maximum atomic E-state index is 13.7. The molecule has 0 unspecified atom stereocenters. The van der Waals surface area contributed by atoms with Crippen molar-refractivity contribution in [1.29, 1.82) is 0 Å². The fourth-order valence-electron chi connectivity index (χ4n) is 3.37. The van der Waals surface area contributed by atoms with Crippen LogP contribution in [0, 0.1) is 11.8 Å². The second-order valence-electron chi connectivity index (χ2n) is 7.01. The van der Waals surface area contributed by atoms with Crippen LogP contribution in [-0.2, 0) is 14.3 Å². The van der Waals surface area contributed by atoms with Crippen molar-refractivity contribution < 1.29 is 23.8 Å². The number of methoxy groups -OCH3 is 1. The third kappa shape index (κ3) is 8.26. The predicted octanol–water partition coefficient (Wildman–Crippen LogP) is 4.67. The molecule has 1 aliphatic carbocycles. The summed E-state index contributed by atoms with van der Waals surface area (Å²) in [5, 5.41) is 9.84. The number of hydrogen-bond acceptors (Lipinski definition) is 4. The normalized spacial score (nSPS) is 22.2. The van der Waals surface area contributed by atoms with Crippen LogP contribution in [0.2, 0.25) is 0 Å². The van der Waals surface area contributed by atoms with E-state index >= 15 is 0 Å². The van der Waals surface area contributed by atoms with Crippen LogP contribution in [0.15, 0.2) is 24.1 Å². The van der Waals surface area contributed by atoms with Gasteiger partial charge in [-0.15, -0.1) is 0 Å². The summed E-state index contributed by atoms with van der Waals surface area (Å²) in [5.41, 5.74) is 0. The zero-order valence-electron chi connectivity index (χ0n) is 16.1. The van der Waals surface area contributed by atoms with E-state index in [1.165, 1.54) is 19.3 Å². The molecular formula is C21H33FO4. The van der Waals surface area contributed by atoms with Crippen molar-refractivity contribution in [3.8, 4) is 0 Å². The van der Waals surface area contributed by atoms with Crippen molar-refractivity contribution in [3.63, 3.8) is 0 Å². The second kappa shape index (κ2) is 12.8. The number of ketones is 1. The molecule has 0 amide bonds. The van der Waals surface area contributed by atoms with Crippen LogP contribution < -0.4 is 0 Å². The molecule has 0 aliphatic heterocycles. The Labute approximate surface area is 156 Å². The lowest BCUT2D eigenvalue weighted by molar-refractivity contribution is -0.140. The first kappa shape index (κ1) is 22.6. The minimum atomic E-state index is -1.21. The zero-order valence-corrected chi connectivity index (χ0v) is 16.1. The first-order valence-electron chi connectivity index (χ1n) is 9.81. The van der Waals surface area contributed by atoms with Gasteiger partial charge in [-0.05, 0) is 37.7 Å². The van der Waals surface area contributed by atoms with E-state index in [4.69, 9.17) is 0 Å². The van der Waals surface area contributed by atoms with E-state index in [1.54, 1.807) is 0 Å². The SMILES string of the molecule is CCC/C=C(\F)[C@H](O)/C=C/[C@H]1CCC(=O)[C@@H]1CCCCCCC(=O)OC. The number of rotatable bonds is 12. The molecule has 148 valence electrons. The van der Waals surface area contributed by atoms with Crippen molar-refractivity contribution in [2.24, 2.45) is 11.8 Å². The van der Waals surface area contributed by atoms with Crippen LogP contribution in [-0.4, -0.2) is 30.1 Å². The molecule has 0 heterocycles. The number of esters is 1. The molecule has 1 saturated carbocycles. The molecule has 26 heavy (non-hydrogen) atoms. The van der Waals surface area contributed by atoms with E-state index in [1.807, 2.05) is 13.0 Å². The van der Waals surface area contributed by atoms with Gasteiger partial charge in [0, 0.05) is 18.8 Å². The summed E-state index contributed by atoms with van der Waals surface area (Å²) in [5.74, 6) is -0.367. The first-order valence-corrected chi connectivity index (χ1v) is 9.81. The van der Waals surface area contributed by atoms with Gasteiger partial charge in [0.25, 0.3) is 0 Å². The Kier molecular flexibility index (Phi) is 11.1. The standard InChI is InChI=1S/C21H33FO4/c1-3-4-10-18(22)20(24)15-13-16-12-14-19(23)17(16)9-7-5-6-8-11-21(25)26-2/h10,13,15-17,20,24H,3-9,11-12,14H2,1-2H3/b15-13+,18-10-/t16-,17-,20-/m1/s1. The Bertz CT molecular complexity index is 498. The highest BCUT2D eigenvalue weighted by Crippen LogP contribution is 2.34. The average Bonchev–Trinajstić information content (AvgIpc) is 2.99. The second-order valence-corrected chi connectivity index (χ2v) is 7.01. The number of ether oxygens (including phenoxy) is 1. The predicted molar refractivity (Wildman–Crippen MR) is 100 cm³/mol. The molecule has 0 bridgehead atoms. The lowest BCUT2D eigenvalue weighted by atomic mass is 9.89. The number of carbonyl (C=O) groups is 2. The Morgan fingerprint density at radius 2 is 2.08 bits per heavy atom. The van der Waals surface area contributed by atoms with E-state index < -0.39 is 11.9 Å². The van der Waals surface area contributed by atoms with Gasteiger partial charge in [-0.25, -0.2) is 4.39 Å². The Morgan fingerprint density at radius 3 is 2.77 bits per heavy atom. The molecule has 0 radical (unpaired) electrons. The maximum absolute atomic E-state index is 13.7. The van der Waals surface area contributed by atoms with Crippen LogP contribution >= 0.6 is 0 Å². The van der Waals surface area contributed by atoms with Crippen molar-refractivity contribution in [3.05, 3.63) is 24.1 Å². The van der Waals surface area contributed by atoms with Crippen LogP contribution in [0.5, 0.6) is 0 Å². The molecule has 1 fully saturated rings. The van der Waals surface area contributed by atoms with E-state index in [0.29, 0.717) is 19.3 Å². The van der Waals surface area contributed by atoms with Crippen LogP contribution in [0.25, 0.3) is 0 Å². The number of Topliss-reactive ketones (excluding diaryl/α,β-unsaturated/α-hetero) is 1. The summed E-state index contributed by atoms with van der Waals surface area (Å²) < 4.78 is 18.3. The molecule has 5 heteroatoms. The Hall–Kier alpha value is -1.49. The zero-order chi connectivity index (χ0) is 19.4. The lowest BCUT2D eigenvalue weighted by Gasteiger charge is -2.15. The minimum Gasteiger partial charge on any atom is -0.469 e. The molecule has 0 saturated heterocycles. The van der Waals surface area contributed by atoms with Crippen LogP contribution in [0.4, 0.5) is 4.39 Å². The number of carbonyl (C=O) groups excluding carboxylic acids is 2. The average molecular weight is 368 g/mol. The summed E-state index contributed by atoms with van der Waals surface area (Å²) in [6.45, 7) is 1.95. The smallest absolute Gasteiger partial charge is 0.305 e. The van der Waals surface area contributed by atoms with E-state index in [9.17, 15) is 19.1 Å². The molecule has 1 N–H and O–H groups in total. The largest absolute Gasteiger partial charge is 0.469 e. The molecule has 3 atom stereocenters. The maximum Gasteiger partial charge on any atom is 0.305 e. The monoisotopic (exact) mass is 368 g/mol. The van der Waals surface area contributed by atoms with E-state index in [0.717, 1.165) is 44.9 Å². The number of unbranched alkanes of at least 4 members (excludes halogenated alkanes) is 4. The van der Waals surface area contributed by atoms with Gasteiger partial charge >= 0.3 is 5.97 Å². The van der Waals surface area contributed by atoms with Gasteiger partial charge in [0.2, 0.25) is 0 Å². The molecule has 0 aromatic heterocycles. The molecular weight excluding hydrogens is 335 g/mol. The van der Waals surface area contributed by atoms with E-state index in [-0.39, 0.29) is 23.6 Å². The number of hydrogen-bond donors (Lipinski definition) is 1. The number of halogens is 1. The summed E-state index contributed by atoms with van der Waals surface area (Å²) in [7, 11) is 1.39. The molecule has 1 aliphatic rings. The highest BCUT2D eigenvalue weighted by atomic mass is 19.1. The van der Waals surface area contributed by atoms with Gasteiger partial charge < -0.3 is 9.84 Å². The van der Waals surface area contributed by atoms with E-state index in [2.05, 4.69) is 4.74 Å². The lowest BCUT2D eigenvalue weighted by Crippen LogP contribution is -2.14. The molecule has 0 aromatic carbocycles. The third-order valence-electron chi connectivity index (χ3n) is 4.98. The number of aliphatic hydroxyl groups excluding tert-OH is 1. The van der Waals surface area contributed by atoms with Gasteiger partial charge in [-0.1, -0.05) is 44.8 Å². The number of aliphatic hydroxyl groups is 1. The first-order chi connectivity index (χ1) is 12.5. The van der Waals surface area contributed by atoms with Gasteiger partial charge in [0.1, 0.15) is 17.7 Å². The molecule has 0 aromatic rings. The van der Waals surface area contributed by atoms with Gasteiger partial charge in [-0.3, -0.25) is 9.59 Å². The highest BCUT2D eigenvalue weighted by Gasteiger charge is 2.32. The summed E-state index contributed by atoms with van der Waals surface area (Å²) >= 11 is 0. The van der Waals surface area contributed by atoms with Crippen molar-refractivity contribution in [1.82, 2.24) is 0 Å². The van der Waals surface area contributed by atoms with Crippen molar-refractivity contribution in [2.45, 2.75) is 77.2 Å². The topological polar surface area (TPSA) is 63.6 Å². The molecule has 4 nitrogen and oxygen atoms in total. The summed E-state index contributed by atoms with van der Waals surface area (Å²) in [4.78, 5) is 23.2. The van der Waals surface area contributed by atoms with Crippen LogP contribution in [0.3, 0.4) is 0 Å². The quantitative estimate of drug-likeness (QED) is 0.309. The van der Waals surface area contributed by atoms with Gasteiger partial charge in [0.05, 0.1) is 7.11 Å². The van der Waals surface area contributed by atoms with Crippen molar-refractivity contribution in [2.75, 3.05) is 7.11 Å². The van der Waals surface area contributed by atoms with Gasteiger partial charge in [0.15, 0.2) is 0 Å². The third-order valence-corrected chi connectivity index (χ3v) is 4.98. The minimum absolute atomic E-state index is 0.0262. The number of allylic oxidation sites excluding steroid dienone is 2. The Morgan fingerprint density at radius 1 is 1.35 bits per heavy atom. The Balaban J connectivity index is 2.38. The van der Waals surface area contributed by atoms with Crippen molar-refractivity contribution >= 4 is 11.8 Å². The van der Waals surface area contributed by atoms with Gasteiger partial charge in [-0.2, -0.15) is 0 Å². The fraction of sp³-hybridized carbons (Fsp3) is 0.714. The summed E-state index contributed by atoms with van der Waals surface area (Å²) in [6.07, 6.45) is 11.2. The molecule has 0 spiro atoms.